The third-order valence-electron chi connectivity index (χ3n) is 5.50. The number of halogens is 3. The second-order valence-corrected chi connectivity index (χ2v) is 8.94. The van der Waals surface area contributed by atoms with Crippen molar-refractivity contribution < 1.29 is 27.4 Å². The fraction of sp³-hybridized carbons (Fsp3) is 0.115. The second-order valence-electron chi connectivity index (χ2n) is 8.00. The fourth-order valence-corrected chi connectivity index (χ4v) is 4.58. The number of anilines is 1. The number of ether oxygens (including phenoxy) is 2. The van der Waals surface area contributed by atoms with Crippen LogP contribution in [0.5, 0.6) is 11.5 Å². The highest BCUT2D eigenvalue weighted by atomic mass is 32.2. The van der Waals surface area contributed by atoms with Gasteiger partial charge in [-0.15, -0.1) is 23.4 Å². The highest BCUT2D eigenvalue weighted by Crippen LogP contribution is 2.33. The lowest BCUT2D eigenvalue weighted by Gasteiger charge is -2.11. The third kappa shape index (κ3) is 5.59. The Balaban J connectivity index is 1.38. The summed E-state index contributed by atoms with van der Waals surface area (Å²) < 4.78 is 48.1. The highest BCUT2D eigenvalue weighted by Gasteiger charge is 2.31. The van der Waals surface area contributed by atoms with E-state index in [1.54, 1.807) is 7.11 Å². The van der Waals surface area contributed by atoms with Crippen LogP contribution in [-0.2, 0) is 4.79 Å². The first kappa shape index (κ1) is 25.2. The lowest BCUT2D eigenvalue weighted by Crippen LogP contribution is -2.17. The SMILES string of the molecule is COc1ccc(-n2c(SCC(=O)Nc3ccc(OC(F)(F)F)cc3)nnc2-c2c[nH]c3ccccc23)cc1. The number of H-pyrrole nitrogens is 1. The Bertz CT molecular complexity index is 1560. The monoisotopic (exact) mass is 539 g/mol. The summed E-state index contributed by atoms with van der Waals surface area (Å²) in [6, 6.07) is 20.1. The van der Waals surface area contributed by atoms with Crippen molar-refractivity contribution in [1.29, 1.82) is 0 Å². The average Bonchev–Trinajstić information content (AvgIpc) is 3.52. The predicted molar refractivity (Wildman–Crippen MR) is 138 cm³/mol. The number of nitrogens with one attached hydrogen (secondary N) is 2. The summed E-state index contributed by atoms with van der Waals surface area (Å²) in [5.74, 6) is 0.536. The Kier molecular flexibility index (Phi) is 6.97. The number of amides is 1. The molecule has 0 saturated carbocycles. The van der Waals surface area contributed by atoms with Gasteiger partial charge in [0.2, 0.25) is 5.91 Å². The van der Waals surface area contributed by atoms with E-state index in [1.165, 1.54) is 23.9 Å². The Morgan fingerprint density at radius 2 is 1.71 bits per heavy atom. The number of alkyl halides is 3. The van der Waals surface area contributed by atoms with Crippen molar-refractivity contribution in [2.24, 2.45) is 0 Å². The fourth-order valence-electron chi connectivity index (χ4n) is 3.83. The van der Waals surface area contributed by atoms with Crippen molar-refractivity contribution in [3.8, 4) is 28.6 Å². The zero-order valence-corrected chi connectivity index (χ0v) is 20.6. The molecule has 0 aliphatic carbocycles. The first-order chi connectivity index (χ1) is 18.3. The van der Waals surface area contributed by atoms with Gasteiger partial charge in [-0.3, -0.25) is 9.36 Å². The number of benzene rings is 3. The molecule has 0 spiro atoms. The number of fused-ring (bicyclic) bond motifs is 1. The van der Waals surface area contributed by atoms with E-state index in [1.807, 2.05) is 59.3 Å². The summed E-state index contributed by atoms with van der Waals surface area (Å²) in [6.45, 7) is 0. The van der Waals surface area contributed by atoms with Gasteiger partial charge in [0.1, 0.15) is 11.5 Å². The van der Waals surface area contributed by atoms with Crippen LogP contribution in [0.4, 0.5) is 18.9 Å². The number of nitrogens with zero attached hydrogens (tertiary/aromatic N) is 3. The van der Waals surface area contributed by atoms with Gasteiger partial charge in [-0.2, -0.15) is 0 Å². The van der Waals surface area contributed by atoms with Crippen molar-refractivity contribution in [1.82, 2.24) is 19.7 Å². The smallest absolute Gasteiger partial charge is 0.497 e. The minimum Gasteiger partial charge on any atom is -0.497 e. The number of carbonyl (C=O) groups is 1. The van der Waals surface area contributed by atoms with E-state index < -0.39 is 6.36 Å². The molecule has 0 bridgehead atoms. The van der Waals surface area contributed by atoms with Gasteiger partial charge in [0.15, 0.2) is 11.0 Å². The molecule has 0 fully saturated rings. The normalized spacial score (nSPS) is 11.5. The molecule has 0 saturated heterocycles. The number of rotatable bonds is 8. The number of aromatic amines is 1. The summed E-state index contributed by atoms with van der Waals surface area (Å²) in [5.41, 5.74) is 2.91. The van der Waals surface area contributed by atoms with Crippen LogP contribution in [0.1, 0.15) is 0 Å². The molecule has 8 nitrogen and oxygen atoms in total. The molecule has 0 aliphatic heterocycles. The summed E-state index contributed by atoms with van der Waals surface area (Å²) in [4.78, 5) is 15.9. The summed E-state index contributed by atoms with van der Waals surface area (Å²) in [6.07, 6.45) is -2.92. The van der Waals surface area contributed by atoms with Gasteiger partial charge in [-0.05, 0) is 54.6 Å². The number of hydrogen-bond donors (Lipinski definition) is 2. The van der Waals surface area contributed by atoms with Crippen LogP contribution in [0, 0.1) is 0 Å². The first-order valence-electron chi connectivity index (χ1n) is 11.3. The Hall–Kier alpha value is -4.45. The van der Waals surface area contributed by atoms with E-state index in [4.69, 9.17) is 4.74 Å². The van der Waals surface area contributed by atoms with Gasteiger partial charge in [0.05, 0.1) is 12.9 Å². The molecule has 0 radical (unpaired) electrons. The molecule has 0 unspecified atom stereocenters. The molecule has 2 N–H and O–H groups in total. The van der Waals surface area contributed by atoms with Crippen LogP contribution in [0.2, 0.25) is 0 Å². The molecule has 5 rings (SSSR count). The molecule has 2 aromatic heterocycles. The van der Waals surface area contributed by atoms with Gasteiger partial charge in [0.25, 0.3) is 0 Å². The number of carbonyl (C=O) groups excluding carboxylic acids is 1. The van der Waals surface area contributed by atoms with Crippen molar-refractivity contribution in [3.63, 3.8) is 0 Å². The summed E-state index contributed by atoms with van der Waals surface area (Å²) in [5, 5.41) is 12.9. The molecule has 1 amide bonds. The van der Waals surface area contributed by atoms with E-state index in [0.717, 1.165) is 34.3 Å². The van der Waals surface area contributed by atoms with Gasteiger partial charge < -0.3 is 19.8 Å². The molecule has 194 valence electrons. The van der Waals surface area contributed by atoms with Gasteiger partial charge in [0, 0.05) is 34.0 Å². The topological polar surface area (TPSA) is 94.1 Å². The van der Waals surface area contributed by atoms with Crippen molar-refractivity contribution in [3.05, 3.63) is 79.0 Å². The van der Waals surface area contributed by atoms with Crippen LogP contribution in [0.15, 0.2) is 84.1 Å². The average molecular weight is 540 g/mol. The molecule has 0 atom stereocenters. The zero-order valence-electron chi connectivity index (χ0n) is 19.8. The van der Waals surface area contributed by atoms with E-state index >= 15 is 0 Å². The van der Waals surface area contributed by atoms with E-state index in [2.05, 4.69) is 25.2 Å². The molecule has 5 aromatic rings. The van der Waals surface area contributed by atoms with Gasteiger partial charge in [-0.25, -0.2) is 0 Å². The quantitative estimate of drug-likeness (QED) is 0.233. The Morgan fingerprint density at radius 1 is 1.00 bits per heavy atom. The maximum absolute atomic E-state index is 12.6. The molecule has 2 heterocycles. The number of hydrogen-bond acceptors (Lipinski definition) is 6. The zero-order chi connectivity index (χ0) is 26.7. The maximum atomic E-state index is 12.6. The second kappa shape index (κ2) is 10.5. The largest absolute Gasteiger partial charge is 0.573 e. The Morgan fingerprint density at radius 3 is 2.42 bits per heavy atom. The maximum Gasteiger partial charge on any atom is 0.573 e. The molecule has 3 aromatic carbocycles. The van der Waals surface area contributed by atoms with Gasteiger partial charge in [-0.1, -0.05) is 30.0 Å². The number of thioether (sulfide) groups is 1. The van der Waals surface area contributed by atoms with Crippen LogP contribution in [-0.4, -0.2) is 44.9 Å². The van der Waals surface area contributed by atoms with Crippen molar-refractivity contribution >= 4 is 34.3 Å². The van der Waals surface area contributed by atoms with Crippen LogP contribution >= 0.6 is 11.8 Å². The molecular formula is C26H20F3N5O3S. The van der Waals surface area contributed by atoms with E-state index in [0.29, 0.717) is 22.4 Å². The molecule has 12 heteroatoms. The van der Waals surface area contributed by atoms with Gasteiger partial charge >= 0.3 is 6.36 Å². The molecule has 0 aliphatic rings. The number of methoxy groups -OCH3 is 1. The minimum atomic E-state index is -4.78. The standard InChI is InChI=1S/C26H20F3N5O3S/c1-36-18-12-8-17(9-13-18)34-24(21-14-30-22-5-3-2-4-20(21)22)32-33-25(34)38-15-23(35)31-16-6-10-19(11-7-16)37-26(27,28)29/h2-14,30H,15H2,1H3,(H,31,35). The third-order valence-corrected chi connectivity index (χ3v) is 6.43. The van der Waals surface area contributed by atoms with Crippen LogP contribution in [0.25, 0.3) is 28.0 Å². The van der Waals surface area contributed by atoms with Crippen molar-refractivity contribution in [2.75, 3.05) is 18.2 Å². The van der Waals surface area contributed by atoms with E-state index in [-0.39, 0.29) is 17.4 Å². The van der Waals surface area contributed by atoms with E-state index in [9.17, 15) is 18.0 Å². The van der Waals surface area contributed by atoms with Crippen LogP contribution < -0.4 is 14.8 Å². The lowest BCUT2D eigenvalue weighted by atomic mass is 10.1. The first-order valence-corrected chi connectivity index (χ1v) is 12.2. The summed E-state index contributed by atoms with van der Waals surface area (Å²) >= 11 is 1.18. The molecular weight excluding hydrogens is 519 g/mol. The van der Waals surface area contributed by atoms with Crippen LogP contribution in [0.3, 0.4) is 0 Å². The lowest BCUT2D eigenvalue weighted by molar-refractivity contribution is -0.274. The number of aromatic nitrogens is 4. The Labute approximate surface area is 218 Å². The number of para-hydroxylation sites is 1. The predicted octanol–water partition coefficient (Wildman–Crippen LogP) is 6.05. The van der Waals surface area contributed by atoms with Crippen molar-refractivity contribution in [2.45, 2.75) is 11.5 Å². The molecule has 38 heavy (non-hydrogen) atoms. The minimum absolute atomic E-state index is 0.0109. The highest BCUT2D eigenvalue weighted by molar-refractivity contribution is 7.99. The summed E-state index contributed by atoms with van der Waals surface area (Å²) in [7, 11) is 1.59.